The summed E-state index contributed by atoms with van der Waals surface area (Å²) >= 11 is 0. The fourth-order valence-corrected chi connectivity index (χ4v) is 6.13. The molecule has 0 saturated heterocycles. The first-order valence-electron chi connectivity index (χ1n) is 15.9. The lowest BCUT2D eigenvalue weighted by atomic mass is 9.98. The van der Waals surface area contributed by atoms with E-state index in [9.17, 15) is 5.41 Å². The second-order valence-corrected chi connectivity index (χ2v) is 11.6. The molecule has 2 aromatic heterocycles. The third kappa shape index (κ3) is 5.65. The Labute approximate surface area is 279 Å². The third-order valence-electron chi connectivity index (χ3n) is 8.50. The van der Waals surface area contributed by atoms with Gasteiger partial charge in [0.1, 0.15) is 0 Å². The Bertz CT molecular complexity index is 2320. The maximum atomic E-state index is 9.23. The molecular formula is C43H31N5. The van der Waals surface area contributed by atoms with Crippen molar-refractivity contribution in [2.75, 3.05) is 5.43 Å². The van der Waals surface area contributed by atoms with E-state index in [4.69, 9.17) is 9.98 Å². The highest BCUT2D eigenvalue weighted by Gasteiger charge is 2.15. The molecule has 2 heterocycles. The first kappa shape index (κ1) is 28.9. The van der Waals surface area contributed by atoms with Gasteiger partial charge >= 0.3 is 0 Å². The first-order chi connectivity index (χ1) is 23.7. The number of nitrogens with one attached hydrogen (secondary N) is 2. The molecule has 228 valence electrons. The SMILES string of the molecule is N=C(/N=C(\Nn1c2ccccc2c2ccccc21)c1ccccc1)c1cccc(-c2cc(-c3ccccc3)nc(-c3ccccc3)c2)c1. The fourth-order valence-electron chi connectivity index (χ4n) is 6.13. The van der Waals surface area contributed by atoms with Crippen molar-refractivity contribution in [3.8, 4) is 33.6 Å². The lowest BCUT2D eigenvalue weighted by Gasteiger charge is -2.15. The number of amidine groups is 2. The number of aliphatic imine (C=N–C) groups is 1. The number of benzene rings is 6. The number of aromatic nitrogens is 2. The van der Waals surface area contributed by atoms with Crippen LogP contribution in [0.4, 0.5) is 0 Å². The zero-order valence-electron chi connectivity index (χ0n) is 26.1. The van der Waals surface area contributed by atoms with Gasteiger partial charge in [0.2, 0.25) is 0 Å². The Hall–Kier alpha value is -6.59. The summed E-state index contributed by atoms with van der Waals surface area (Å²) in [5.74, 6) is 0.740. The molecule has 0 aliphatic carbocycles. The Morgan fingerprint density at radius 3 is 1.54 bits per heavy atom. The number of nitrogens with zero attached hydrogens (tertiary/aromatic N) is 3. The van der Waals surface area contributed by atoms with E-state index in [0.29, 0.717) is 11.4 Å². The smallest absolute Gasteiger partial charge is 0.154 e. The molecule has 6 aromatic carbocycles. The maximum Gasteiger partial charge on any atom is 0.154 e. The molecule has 0 unspecified atom stereocenters. The van der Waals surface area contributed by atoms with E-state index in [-0.39, 0.29) is 5.84 Å². The summed E-state index contributed by atoms with van der Waals surface area (Å²) in [6.45, 7) is 0. The van der Waals surface area contributed by atoms with Gasteiger partial charge in [0.25, 0.3) is 0 Å². The van der Waals surface area contributed by atoms with Crippen LogP contribution < -0.4 is 5.43 Å². The van der Waals surface area contributed by atoms with Crippen LogP contribution >= 0.6 is 0 Å². The van der Waals surface area contributed by atoms with Gasteiger partial charge in [0.05, 0.1) is 22.4 Å². The van der Waals surface area contributed by atoms with E-state index in [2.05, 4.69) is 89.0 Å². The summed E-state index contributed by atoms with van der Waals surface area (Å²) in [6.07, 6.45) is 0. The molecule has 5 nitrogen and oxygen atoms in total. The van der Waals surface area contributed by atoms with Crippen LogP contribution in [0.5, 0.6) is 0 Å². The van der Waals surface area contributed by atoms with Crippen LogP contribution in [0.2, 0.25) is 0 Å². The summed E-state index contributed by atoms with van der Waals surface area (Å²) in [7, 11) is 0. The van der Waals surface area contributed by atoms with Crippen LogP contribution in [0.15, 0.2) is 181 Å². The normalized spacial score (nSPS) is 11.5. The minimum atomic E-state index is 0.157. The molecule has 0 amide bonds. The highest BCUT2D eigenvalue weighted by Crippen LogP contribution is 2.31. The highest BCUT2D eigenvalue weighted by molar-refractivity contribution is 6.16. The number of hydrogen-bond donors (Lipinski definition) is 2. The molecule has 48 heavy (non-hydrogen) atoms. The van der Waals surface area contributed by atoms with Gasteiger partial charge in [-0.25, -0.2) is 9.98 Å². The van der Waals surface area contributed by atoms with E-state index < -0.39 is 0 Å². The monoisotopic (exact) mass is 617 g/mol. The second-order valence-electron chi connectivity index (χ2n) is 11.6. The molecule has 0 bridgehead atoms. The number of fused-ring (bicyclic) bond motifs is 3. The van der Waals surface area contributed by atoms with E-state index in [1.54, 1.807) is 0 Å². The van der Waals surface area contributed by atoms with Crippen molar-refractivity contribution < 1.29 is 0 Å². The molecule has 8 rings (SSSR count). The maximum absolute atomic E-state index is 9.23. The largest absolute Gasteiger partial charge is 0.282 e. The molecular weight excluding hydrogens is 587 g/mol. The minimum absolute atomic E-state index is 0.157. The quantitative estimate of drug-likeness (QED) is 0.144. The van der Waals surface area contributed by atoms with Gasteiger partial charge in [0, 0.05) is 33.0 Å². The summed E-state index contributed by atoms with van der Waals surface area (Å²) in [5.41, 5.74) is 13.1. The van der Waals surface area contributed by atoms with Gasteiger partial charge in [-0.3, -0.25) is 15.5 Å². The van der Waals surface area contributed by atoms with Crippen LogP contribution in [0.25, 0.3) is 55.4 Å². The molecule has 0 spiro atoms. The molecule has 0 saturated carbocycles. The zero-order chi connectivity index (χ0) is 32.3. The fraction of sp³-hybridized carbons (Fsp3) is 0. The average Bonchev–Trinajstić information content (AvgIpc) is 3.48. The molecule has 0 aliphatic rings. The van der Waals surface area contributed by atoms with E-state index in [1.807, 2.05) is 97.1 Å². The van der Waals surface area contributed by atoms with Gasteiger partial charge < -0.3 is 0 Å². The Morgan fingerprint density at radius 1 is 0.479 bits per heavy atom. The van der Waals surface area contributed by atoms with E-state index in [1.165, 1.54) is 0 Å². The zero-order valence-corrected chi connectivity index (χ0v) is 26.1. The van der Waals surface area contributed by atoms with Crippen molar-refractivity contribution in [2.24, 2.45) is 4.99 Å². The second kappa shape index (κ2) is 12.7. The highest BCUT2D eigenvalue weighted by atomic mass is 15.4. The van der Waals surface area contributed by atoms with Crippen molar-refractivity contribution in [3.63, 3.8) is 0 Å². The van der Waals surface area contributed by atoms with Crippen LogP contribution in [0, 0.1) is 5.41 Å². The van der Waals surface area contributed by atoms with Crippen LogP contribution in [-0.2, 0) is 0 Å². The Morgan fingerprint density at radius 2 is 0.958 bits per heavy atom. The summed E-state index contributed by atoms with van der Waals surface area (Å²) in [5, 5.41) is 11.5. The lowest BCUT2D eigenvalue weighted by molar-refractivity contribution is 1.08. The predicted molar refractivity (Wildman–Crippen MR) is 199 cm³/mol. The van der Waals surface area contributed by atoms with Gasteiger partial charge in [0.15, 0.2) is 11.7 Å². The van der Waals surface area contributed by atoms with Crippen molar-refractivity contribution in [1.29, 1.82) is 5.41 Å². The average molecular weight is 618 g/mol. The molecule has 0 aliphatic heterocycles. The van der Waals surface area contributed by atoms with Gasteiger partial charge in [-0.2, -0.15) is 0 Å². The Kier molecular flexibility index (Phi) is 7.61. The molecule has 8 aromatic rings. The topological polar surface area (TPSA) is 66.1 Å². The number of para-hydroxylation sites is 2. The van der Waals surface area contributed by atoms with E-state index in [0.717, 1.165) is 61.0 Å². The molecule has 2 N–H and O–H groups in total. The van der Waals surface area contributed by atoms with Crippen molar-refractivity contribution >= 4 is 33.5 Å². The Balaban J connectivity index is 1.21. The summed E-state index contributed by atoms with van der Waals surface area (Å²) in [6, 6.07) is 59.4. The predicted octanol–water partition coefficient (Wildman–Crippen LogP) is 10.2. The third-order valence-corrected chi connectivity index (χ3v) is 8.50. The van der Waals surface area contributed by atoms with Crippen LogP contribution in [0.1, 0.15) is 11.1 Å². The molecule has 0 fully saturated rings. The first-order valence-corrected chi connectivity index (χ1v) is 15.9. The van der Waals surface area contributed by atoms with Crippen LogP contribution in [-0.4, -0.2) is 21.3 Å². The van der Waals surface area contributed by atoms with Crippen LogP contribution in [0.3, 0.4) is 0 Å². The molecule has 0 atom stereocenters. The van der Waals surface area contributed by atoms with Crippen molar-refractivity contribution in [2.45, 2.75) is 0 Å². The van der Waals surface area contributed by atoms with Gasteiger partial charge in [-0.15, -0.1) is 0 Å². The molecule has 5 heteroatoms. The standard InChI is InChI=1S/C43H31N5/c44-42(46-43(32-19-8-3-9-20-32)47-48-40-25-12-10-23-36(40)37-24-11-13-26-41(37)48)34-22-14-21-33(27-34)35-28-38(30-15-4-1-5-16-30)45-39(29-35)31-17-6-2-7-18-31/h1-29H,(H2,44,46,47). The number of rotatable bonds is 6. The summed E-state index contributed by atoms with van der Waals surface area (Å²) in [4.78, 5) is 9.96. The van der Waals surface area contributed by atoms with Crippen molar-refractivity contribution in [1.82, 2.24) is 9.66 Å². The van der Waals surface area contributed by atoms with E-state index >= 15 is 0 Å². The molecule has 0 radical (unpaired) electrons. The van der Waals surface area contributed by atoms with Crippen molar-refractivity contribution in [3.05, 3.63) is 187 Å². The van der Waals surface area contributed by atoms with Gasteiger partial charge in [-0.1, -0.05) is 146 Å². The number of hydrogen-bond acceptors (Lipinski definition) is 2. The lowest BCUT2D eigenvalue weighted by Crippen LogP contribution is -2.25. The minimum Gasteiger partial charge on any atom is -0.282 e. The number of pyridine rings is 1. The summed E-state index contributed by atoms with van der Waals surface area (Å²) < 4.78 is 2.06. The van der Waals surface area contributed by atoms with Gasteiger partial charge in [-0.05, 0) is 41.5 Å².